The van der Waals surface area contributed by atoms with E-state index in [0.717, 1.165) is 22.4 Å². The molecule has 2 amide bonds. The SMILES string of the molecule is COc1ccc(CNC(=O)C(Cc2ccccc2)N(Cc2ccccc2)C(=O)COc2ccccc2Cl)cc1. The third-order valence-electron chi connectivity index (χ3n) is 6.28. The first-order chi connectivity index (χ1) is 19.0. The van der Waals surface area contributed by atoms with Crippen LogP contribution in [0.3, 0.4) is 0 Å². The molecule has 0 fully saturated rings. The first-order valence-electron chi connectivity index (χ1n) is 12.7. The summed E-state index contributed by atoms with van der Waals surface area (Å²) in [7, 11) is 1.61. The molecule has 6 nitrogen and oxygen atoms in total. The first kappa shape index (κ1) is 27.7. The Morgan fingerprint density at radius 1 is 0.795 bits per heavy atom. The van der Waals surface area contributed by atoms with E-state index < -0.39 is 6.04 Å². The fourth-order valence-corrected chi connectivity index (χ4v) is 4.36. The molecule has 0 aliphatic rings. The number of benzene rings is 4. The van der Waals surface area contributed by atoms with Crippen LogP contribution in [0, 0.1) is 0 Å². The smallest absolute Gasteiger partial charge is 0.261 e. The molecule has 0 saturated carbocycles. The van der Waals surface area contributed by atoms with Crippen molar-refractivity contribution in [2.75, 3.05) is 13.7 Å². The topological polar surface area (TPSA) is 67.9 Å². The maximum absolute atomic E-state index is 13.7. The van der Waals surface area contributed by atoms with Crippen molar-refractivity contribution in [1.82, 2.24) is 10.2 Å². The molecule has 0 saturated heterocycles. The lowest BCUT2D eigenvalue weighted by Gasteiger charge is -2.31. The molecule has 0 radical (unpaired) electrons. The summed E-state index contributed by atoms with van der Waals surface area (Å²) in [5.74, 6) is 0.580. The van der Waals surface area contributed by atoms with Crippen LogP contribution < -0.4 is 14.8 Å². The molecule has 0 aliphatic carbocycles. The van der Waals surface area contributed by atoms with Gasteiger partial charge in [0.2, 0.25) is 5.91 Å². The third kappa shape index (κ3) is 8.09. The van der Waals surface area contributed by atoms with Gasteiger partial charge in [0.05, 0.1) is 12.1 Å². The van der Waals surface area contributed by atoms with Gasteiger partial charge in [-0.3, -0.25) is 9.59 Å². The van der Waals surface area contributed by atoms with Crippen LogP contribution in [0.15, 0.2) is 109 Å². The summed E-state index contributed by atoms with van der Waals surface area (Å²) < 4.78 is 11.0. The van der Waals surface area contributed by atoms with Crippen LogP contribution in [0.2, 0.25) is 5.02 Å². The van der Waals surface area contributed by atoms with Crippen LogP contribution in [0.1, 0.15) is 16.7 Å². The second-order valence-electron chi connectivity index (χ2n) is 9.00. The molecule has 7 heteroatoms. The fourth-order valence-electron chi connectivity index (χ4n) is 4.17. The Labute approximate surface area is 234 Å². The number of ether oxygens (including phenoxy) is 2. The maximum atomic E-state index is 13.7. The zero-order chi connectivity index (χ0) is 27.5. The zero-order valence-electron chi connectivity index (χ0n) is 21.8. The minimum absolute atomic E-state index is 0.249. The number of nitrogens with zero attached hydrogens (tertiary/aromatic N) is 1. The predicted octanol–water partition coefficient (Wildman–Crippen LogP) is 5.68. The van der Waals surface area contributed by atoms with E-state index in [1.807, 2.05) is 84.9 Å². The lowest BCUT2D eigenvalue weighted by atomic mass is 10.0. The minimum Gasteiger partial charge on any atom is -0.497 e. The van der Waals surface area contributed by atoms with E-state index in [1.165, 1.54) is 0 Å². The minimum atomic E-state index is -0.770. The van der Waals surface area contributed by atoms with Gasteiger partial charge in [-0.05, 0) is 41.0 Å². The summed E-state index contributed by atoms with van der Waals surface area (Å²) in [5.41, 5.74) is 2.77. The van der Waals surface area contributed by atoms with Gasteiger partial charge in [-0.1, -0.05) is 96.5 Å². The number of nitrogens with one attached hydrogen (secondary N) is 1. The van der Waals surface area contributed by atoms with Crippen molar-refractivity contribution < 1.29 is 19.1 Å². The fraction of sp³-hybridized carbons (Fsp3) is 0.188. The molecule has 1 unspecified atom stereocenters. The van der Waals surface area contributed by atoms with Crippen molar-refractivity contribution in [1.29, 1.82) is 0 Å². The van der Waals surface area contributed by atoms with Gasteiger partial charge in [0.25, 0.3) is 5.91 Å². The molecular formula is C32H31ClN2O4. The van der Waals surface area contributed by atoms with Crippen molar-refractivity contribution in [3.8, 4) is 11.5 Å². The summed E-state index contributed by atoms with van der Waals surface area (Å²) in [5, 5.41) is 3.44. The molecule has 39 heavy (non-hydrogen) atoms. The highest BCUT2D eigenvalue weighted by Crippen LogP contribution is 2.23. The number of methoxy groups -OCH3 is 1. The standard InChI is InChI=1S/C32H31ClN2O4/c1-38-27-18-16-25(17-19-27)21-34-32(37)29(20-24-10-4-2-5-11-24)35(22-26-12-6-3-7-13-26)31(36)23-39-30-15-9-8-14-28(30)33/h2-19,29H,20-23H2,1H3,(H,34,37). The number of para-hydroxylation sites is 1. The molecule has 4 aromatic rings. The molecule has 0 bridgehead atoms. The molecule has 0 aliphatic heterocycles. The molecule has 0 heterocycles. The number of carbonyl (C=O) groups is 2. The highest BCUT2D eigenvalue weighted by molar-refractivity contribution is 6.32. The summed E-state index contributed by atoms with van der Waals surface area (Å²) >= 11 is 6.23. The van der Waals surface area contributed by atoms with E-state index in [-0.39, 0.29) is 25.0 Å². The van der Waals surface area contributed by atoms with Crippen LogP contribution in [-0.4, -0.2) is 36.5 Å². The summed E-state index contributed by atoms with van der Waals surface area (Å²) in [6.07, 6.45) is 0.347. The van der Waals surface area contributed by atoms with E-state index in [0.29, 0.717) is 23.7 Å². The summed E-state index contributed by atoms with van der Waals surface area (Å²) in [6.45, 7) is 0.310. The van der Waals surface area contributed by atoms with Gasteiger partial charge in [0, 0.05) is 19.5 Å². The van der Waals surface area contributed by atoms with E-state index in [1.54, 1.807) is 36.3 Å². The first-order valence-corrected chi connectivity index (χ1v) is 13.1. The van der Waals surface area contributed by atoms with Gasteiger partial charge in [0.1, 0.15) is 17.5 Å². The number of amides is 2. The number of rotatable bonds is 12. The van der Waals surface area contributed by atoms with Crippen LogP contribution in [0.25, 0.3) is 0 Å². The van der Waals surface area contributed by atoms with E-state index >= 15 is 0 Å². The van der Waals surface area contributed by atoms with Gasteiger partial charge in [0.15, 0.2) is 6.61 Å². The quantitative estimate of drug-likeness (QED) is 0.250. The summed E-state index contributed by atoms with van der Waals surface area (Å²) in [6, 6.07) is 33.0. The molecule has 4 aromatic carbocycles. The Kier molecular flexibility index (Phi) is 9.98. The largest absolute Gasteiger partial charge is 0.497 e. The zero-order valence-corrected chi connectivity index (χ0v) is 22.5. The third-order valence-corrected chi connectivity index (χ3v) is 6.59. The molecule has 1 N–H and O–H groups in total. The monoisotopic (exact) mass is 542 g/mol. The predicted molar refractivity (Wildman–Crippen MR) is 153 cm³/mol. The molecule has 0 aromatic heterocycles. The Balaban J connectivity index is 1.59. The van der Waals surface area contributed by atoms with Gasteiger partial charge in [-0.2, -0.15) is 0 Å². The number of hydrogen-bond acceptors (Lipinski definition) is 4. The molecule has 0 spiro atoms. The van der Waals surface area contributed by atoms with Crippen molar-refractivity contribution >= 4 is 23.4 Å². The molecule has 1 atom stereocenters. The second kappa shape index (κ2) is 14.0. The van der Waals surface area contributed by atoms with Crippen LogP contribution in [0.4, 0.5) is 0 Å². The summed E-state index contributed by atoms with van der Waals surface area (Å²) in [4.78, 5) is 29.0. The highest BCUT2D eigenvalue weighted by Gasteiger charge is 2.30. The number of carbonyl (C=O) groups excluding carboxylic acids is 2. The van der Waals surface area contributed by atoms with Gasteiger partial charge in [-0.25, -0.2) is 0 Å². The van der Waals surface area contributed by atoms with Gasteiger partial charge in [-0.15, -0.1) is 0 Å². The average molecular weight is 543 g/mol. The molecular weight excluding hydrogens is 512 g/mol. The van der Waals surface area contributed by atoms with Crippen LogP contribution in [0.5, 0.6) is 11.5 Å². The lowest BCUT2D eigenvalue weighted by Crippen LogP contribution is -2.51. The highest BCUT2D eigenvalue weighted by atomic mass is 35.5. The second-order valence-corrected chi connectivity index (χ2v) is 9.40. The Bertz CT molecular complexity index is 1350. The Morgan fingerprint density at radius 3 is 2.05 bits per heavy atom. The molecule has 200 valence electrons. The van der Waals surface area contributed by atoms with Crippen LogP contribution >= 0.6 is 11.6 Å². The normalized spacial score (nSPS) is 11.3. The van der Waals surface area contributed by atoms with Gasteiger partial charge >= 0.3 is 0 Å². The van der Waals surface area contributed by atoms with E-state index in [4.69, 9.17) is 21.1 Å². The van der Waals surface area contributed by atoms with Gasteiger partial charge < -0.3 is 19.7 Å². The van der Waals surface area contributed by atoms with Crippen LogP contribution in [-0.2, 0) is 29.1 Å². The Hall–Kier alpha value is -4.29. The van der Waals surface area contributed by atoms with Crippen molar-refractivity contribution in [2.45, 2.75) is 25.6 Å². The maximum Gasteiger partial charge on any atom is 0.261 e. The van der Waals surface area contributed by atoms with Crippen molar-refractivity contribution in [2.24, 2.45) is 0 Å². The molecule has 4 rings (SSSR count). The average Bonchev–Trinajstić information content (AvgIpc) is 2.98. The Morgan fingerprint density at radius 2 is 1.41 bits per heavy atom. The van der Waals surface area contributed by atoms with Crippen molar-refractivity contribution in [3.05, 3.63) is 131 Å². The van der Waals surface area contributed by atoms with E-state index in [2.05, 4.69) is 5.32 Å². The number of hydrogen-bond donors (Lipinski definition) is 1. The lowest BCUT2D eigenvalue weighted by molar-refractivity contribution is -0.142. The van der Waals surface area contributed by atoms with Crippen molar-refractivity contribution in [3.63, 3.8) is 0 Å². The van der Waals surface area contributed by atoms with E-state index in [9.17, 15) is 9.59 Å². The number of halogens is 1.